The number of aliphatic hydroxyl groups excluding tert-OH is 1. The Balaban J connectivity index is 2.87. The minimum absolute atomic E-state index is 0.223. The van der Waals surface area contributed by atoms with E-state index in [1.807, 2.05) is 13.3 Å². The minimum Gasteiger partial charge on any atom is -0.393 e. The van der Waals surface area contributed by atoms with E-state index in [1.165, 1.54) is 57.8 Å². The molecule has 1 nitrogen and oxygen atoms in total. The molecule has 15 heavy (non-hydrogen) atoms. The molecule has 1 N–H and O–H groups in total. The highest BCUT2D eigenvalue weighted by molar-refractivity contribution is 4.70. The van der Waals surface area contributed by atoms with Gasteiger partial charge in [-0.3, -0.25) is 0 Å². The average Bonchev–Trinajstić information content (AvgIpc) is 2.20. The fourth-order valence-corrected chi connectivity index (χ4v) is 1.81. The first-order valence-electron chi connectivity index (χ1n) is 6.78. The van der Waals surface area contributed by atoms with Crippen LogP contribution in [0.5, 0.6) is 0 Å². The molecule has 1 heteroatoms. The monoisotopic (exact) mass is 213 g/mol. The number of aliphatic hydroxyl groups is 1. The maximum atomic E-state index is 9.02. The standard InChI is InChI=1S/C14H29O/c1-3-4-5-6-7-8-9-10-11-12-13-14(2)15/h13-15H,3-12H2,1-2H3. The van der Waals surface area contributed by atoms with Crippen LogP contribution in [0.2, 0.25) is 0 Å². The molecule has 0 saturated carbocycles. The maximum absolute atomic E-state index is 9.02. The summed E-state index contributed by atoms with van der Waals surface area (Å²) in [7, 11) is 0. The second-order valence-corrected chi connectivity index (χ2v) is 4.59. The summed E-state index contributed by atoms with van der Waals surface area (Å²) in [6, 6.07) is 0. The molecule has 0 aliphatic rings. The van der Waals surface area contributed by atoms with E-state index in [4.69, 9.17) is 5.11 Å². The summed E-state index contributed by atoms with van der Waals surface area (Å²) in [5.74, 6) is 0. The van der Waals surface area contributed by atoms with Crippen molar-refractivity contribution in [3.05, 3.63) is 6.42 Å². The van der Waals surface area contributed by atoms with E-state index < -0.39 is 0 Å². The lowest BCUT2D eigenvalue weighted by Gasteiger charge is -2.03. The van der Waals surface area contributed by atoms with Gasteiger partial charge in [0.1, 0.15) is 0 Å². The third-order valence-electron chi connectivity index (χ3n) is 2.82. The molecule has 0 amide bonds. The fraction of sp³-hybridized carbons (Fsp3) is 0.929. The van der Waals surface area contributed by atoms with Gasteiger partial charge in [0, 0.05) is 0 Å². The van der Waals surface area contributed by atoms with Crippen LogP contribution < -0.4 is 0 Å². The Hall–Kier alpha value is -0.0400. The van der Waals surface area contributed by atoms with E-state index in [2.05, 4.69) is 6.92 Å². The van der Waals surface area contributed by atoms with E-state index in [0.717, 1.165) is 6.42 Å². The molecule has 1 radical (unpaired) electrons. The van der Waals surface area contributed by atoms with Gasteiger partial charge in [-0.1, -0.05) is 64.7 Å². The normalized spacial score (nSPS) is 13.0. The minimum atomic E-state index is -0.223. The fourth-order valence-electron chi connectivity index (χ4n) is 1.81. The molecule has 0 aromatic rings. The lowest BCUT2D eigenvalue weighted by Crippen LogP contribution is -1.99. The van der Waals surface area contributed by atoms with Crippen LogP contribution in [-0.4, -0.2) is 11.2 Å². The second-order valence-electron chi connectivity index (χ2n) is 4.59. The lowest BCUT2D eigenvalue weighted by molar-refractivity contribution is 0.222. The second kappa shape index (κ2) is 12.0. The summed E-state index contributed by atoms with van der Waals surface area (Å²) in [5.41, 5.74) is 0. The van der Waals surface area contributed by atoms with Crippen LogP contribution >= 0.6 is 0 Å². The van der Waals surface area contributed by atoms with Gasteiger partial charge < -0.3 is 5.11 Å². The molecule has 0 aliphatic heterocycles. The van der Waals surface area contributed by atoms with Crippen LogP contribution in [0.1, 0.15) is 78.1 Å². The molecule has 0 aliphatic carbocycles. The Bertz CT molecular complexity index is 110. The predicted octanol–water partition coefficient (Wildman–Crippen LogP) is 4.49. The highest BCUT2D eigenvalue weighted by Gasteiger charge is 1.96. The van der Waals surface area contributed by atoms with Crippen molar-refractivity contribution >= 4 is 0 Å². The van der Waals surface area contributed by atoms with Crippen molar-refractivity contribution in [2.24, 2.45) is 0 Å². The average molecular weight is 213 g/mol. The van der Waals surface area contributed by atoms with Crippen molar-refractivity contribution in [3.63, 3.8) is 0 Å². The highest BCUT2D eigenvalue weighted by Crippen LogP contribution is 2.11. The van der Waals surface area contributed by atoms with Gasteiger partial charge >= 0.3 is 0 Å². The van der Waals surface area contributed by atoms with Crippen molar-refractivity contribution in [2.75, 3.05) is 0 Å². The van der Waals surface area contributed by atoms with Crippen molar-refractivity contribution in [2.45, 2.75) is 84.2 Å². The first-order chi connectivity index (χ1) is 7.27. The van der Waals surface area contributed by atoms with Crippen molar-refractivity contribution in [3.8, 4) is 0 Å². The van der Waals surface area contributed by atoms with Gasteiger partial charge in [-0.15, -0.1) is 0 Å². The molecule has 91 valence electrons. The summed E-state index contributed by atoms with van der Waals surface area (Å²) >= 11 is 0. The van der Waals surface area contributed by atoms with Crippen LogP contribution in [0.3, 0.4) is 0 Å². The Labute approximate surface area is 96.3 Å². The van der Waals surface area contributed by atoms with Gasteiger partial charge in [-0.05, 0) is 19.8 Å². The molecule has 0 bridgehead atoms. The molecule has 0 aromatic heterocycles. The SMILES string of the molecule is CCCCCCCCCCC[CH]C(C)O. The van der Waals surface area contributed by atoms with Crippen LogP contribution in [0.25, 0.3) is 0 Å². The zero-order valence-corrected chi connectivity index (χ0v) is 10.7. The lowest BCUT2D eigenvalue weighted by atomic mass is 10.1. The van der Waals surface area contributed by atoms with Crippen LogP contribution in [-0.2, 0) is 0 Å². The number of hydrogen-bond donors (Lipinski definition) is 1. The third kappa shape index (κ3) is 14.0. The first-order valence-corrected chi connectivity index (χ1v) is 6.78. The zero-order chi connectivity index (χ0) is 11.4. The number of rotatable bonds is 11. The Morgan fingerprint density at radius 2 is 1.33 bits per heavy atom. The predicted molar refractivity (Wildman–Crippen MR) is 67.8 cm³/mol. The van der Waals surface area contributed by atoms with Crippen LogP contribution in [0.15, 0.2) is 0 Å². The quantitative estimate of drug-likeness (QED) is 0.501. The van der Waals surface area contributed by atoms with E-state index in [0.29, 0.717) is 0 Å². The molecule has 0 aromatic carbocycles. The summed E-state index contributed by atoms with van der Waals surface area (Å²) < 4.78 is 0. The summed E-state index contributed by atoms with van der Waals surface area (Å²) in [5, 5.41) is 9.02. The molecule has 1 atom stereocenters. The summed E-state index contributed by atoms with van der Waals surface area (Å²) in [6.07, 6.45) is 15.2. The molecule has 0 fully saturated rings. The molecule has 0 heterocycles. The van der Waals surface area contributed by atoms with E-state index in [1.54, 1.807) is 0 Å². The topological polar surface area (TPSA) is 20.2 Å². The maximum Gasteiger partial charge on any atom is 0.0543 e. The Morgan fingerprint density at radius 3 is 1.80 bits per heavy atom. The largest absolute Gasteiger partial charge is 0.393 e. The van der Waals surface area contributed by atoms with Crippen LogP contribution in [0, 0.1) is 6.42 Å². The van der Waals surface area contributed by atoms with E-state index in [-0.39, 0.29) is 6.10 Å². The van der Waals surface area contributed by atoms with Crippen LogP contribution in [0.4, 0.5) is 0 Å². The molecule has 1 unspecified atom stereocenters. The van der Waals surface area contributed by atoms with Crippen molar-refractivity contribution < 1.29 is 5.11 Å². The first kappa shape index (κ1) is 15.0. The number of unbranched alkanes of at least 4 members (excludes halogenated alkanes) is 9. The van der Waals surface area contributed by atoms with Gasteiger partial charge in [0.15, 0.2) is 0 Å². The van der Waals surface area contributed by atoms with Gasteiger partial charge in [0.05, 0.1) is 6.10 Å². The van der Waals surface area contributed by atoms with Crippen molar-refractivity contribution in [1.29, 1.82) is 0 Å². The molecular weight excluding hydrogens is 184 g/mol. The number of hydrogen-bond acceptors (Lipinski definition) is 1. The smallest absolute Gasteiger partial charge is 0.0543 e. The molecule has 0 rings (SSSR count). The molecule has 0 saturated heterocycles. The Morgan fingerprint density at radius 1 is 0.867 bits per heavy atom. The van der Waals surface area contributed by atoms with Gasteiger partial charge in [-0.2, -0.15) is 0 Å². The van der Waals surface area contributed by atoms with Gasteiger partial charge in [-0.25, -0.2) is 0 Å². The van der Waals surface area contributed by atoms with Gasteiger partial charge in [0.25, 0.3) is 0 Å². The summed E-state index contributed by atoms with van der Waals surface area (Å²) in [6.45, 7) is 4.09. The zero-order valence-electron chi connectivity index (χ0n) is 10.7. The Kier molecular flexibility index (Phi) is 12.0. The van der Waals surface area contributed by atoms with E-state index >= 15 is 0 Å². The highest BCUT2D eigenvalue weighted by atomic mass is 16.3. The van der Waals surface area contributed by atoms with Gasteiger partial charge in [0.2, 0.25) is 0 Å². The molecular formula is C14H29O. The third-order valence-corrected chi connectivity index (χ3v) is 2.82. The summed E-state index contributed by atoms with van der Waals surface area (Å²) in [4.78, 5) is 0. The van der Waals surface area contributed by atoms with Crippen molar-refractivity contribution in [1.82, 2.24) is 0 Å². The molecule has 0 spiro atoms. The van der Waals surface area contributed by atoms with E-state index in [9.17, 15) is 0 Å².